The van der Waals surface area contributed by atoms with Crippen molar-refractivity contribution in [2.24, 2.45) is 0 Å². The Kier molecular flexibility index (Phi) is 26.0. The van der Waals surface area contributed by atoms with Gasteiger partial charge in [-0.2, -0.15) is 0 Å². The van der Waals surface area contributed by atoms with Crippen LogP contribution in [0.2, 0.25) is 0 Å². The number of aldehydes is 1. The van der Waals surface area contributed by atoms with Crippen molar-refractivity contribution in [3.05, 3.63) is 177 Å². The topological polar surface area (TPSA) is 135 Å². The van der Waals surface area contributed by atoms with Crippen molar-refractivity contribution in [1.82, 2.24) is 54.8 Å². The van der Waals surface area contributed by atoms with E-state index in [4.69, 9.17) is 4.98 Å². The van der Waals surface area contributed by atoms with Gasteiger partial charge in [0.25, 0.3) is 0 Å². The van der Waals surface area contributed by atoms with E-state index in [0.717, 1.165) is 98.2 Å². The highest BCUT2D eigenvalue weighted by molar-refractivity contribution is 9.10. The molecule has 4 aliphatic rings. The zero-order valence-corrected chi connectivity index (χ0v) is 46.9. The molecule has 16 heteroatoms. The standard InChI is InChI=1S/C21H29N5.C16H18BrN3.C10H10N2.C6H4BrNO.C5H12N2.2CH4/c1-24-12-14-26(15-13-24)20-10-4-8-18(23-20)16-25(2)19-9-3-6-17-7-5-11-22-21(17)19;1-20(11-13-7-3-9-15(17)19-13)14-8-2-5-12-6-4-10-18-16(12)14;1-11-9-6-2-4-8-5-3-7-12-10(8)9;7-6-3-1-2-5(4-9)8-6;1-7-4-2-6-3-5-7;;/h4-5,7-8,10-11,19H,3,6,9,12-16H2,1-2H3;3-4,6-7,9-10,14H,2,5,8,11H2,1H3;2-7,11H,1H3;1-4H;6H,2-5H2,1H3;2*1H4. The van der Waals surface area contributed by atoms with E-state index in [1.54, 1.807) is 18.2 Å². The van der Waals surface area contributed by atoms with Gasteiger partial charge in [0.1, 0.15) is 20.7 Å². The molecule has 11 rings (SSSR count). The second kappa shape index (κ2) is 32.2. The van der Waals surface area contributed by atoms with Crippen LogP contribution in [0, 0.1) is 0 Å². The lowest BCUT2D eigenvalue weighted by molar-refractivity contribution is 0.111. The molecule has 0 saturated carbocycles. The molecule has 0 radical (unpaired) electrons. The average Bonchev–Trinajstić information content (AvgIpc) is 3.44. The van der Waals surface area contributed by atoms with Gasteiger partial charge in [-0.1, -0.05) is 63.4 Å². The van der Waals surface area contributed by atoms with Crippen LogP contribution in [0.4, 0.5) is 11.5 Å². The number of likely N-dealkylation sites (N-methyl/N-ethyl adjacent to an activating group) is 2. The number of aromatic nitrogens is 6. The van der Waals surface area contributed by atoms with Gasteiger partial charge in [-0.25, -0.2) is 15.0 Å². The maximum atomic E-state index is 10.1. The van der Waals surface area contributed by atoms with Crippen molar-refractivity contribution in [1.29, 1.82) is 0 Å². The van der Waals surface area contributed by atoms with Gasteiger partial charge < -0.3 is 25.3 Å². The lowest BCUT2D eigenvalue weighted by Crippen LogP contribution is -2.44. The number of aryl methyl sites for hydroxylation is 2. The lowest BCUT2D eigenvalue weighted by Gasteiger charge is -2.34. The Hall–Kier alpha value is -5.59. The molecule has 2 N–H and O–H groups in total. The lowest BCUT2D eigenvalue weighted by atomic mass is 9.91. The molecular formula is C60H81Br2N13O. The molecule has 2 aliphatic heterocycles. The zero-order chi connectivity index (χ0) is 52.1. The molecule has 2 aliphatic carbocycles. The number of carbonyl (C=O) groups is 1. The number of carbonyl (C=O) groups excluding carboxylic acids is 1. The van der Waals surface area contributed by atoms with E-state index in [0.29, 0.717) is 28.7 Å². The van der Waals surface area contributed by atoms with Crippen molar-refractivity contribution in [2.75, 3.05) is 97.8 Å². The summed E-state index contributed by atoms with van der Waals surface area (Å²) in [6, 6.07) is 37.1. The molecule has 14 nitrogen and oxygen atoms in total. The minimum absolute atomic E-state index is 0. The SMILES string of the molecule is C.C.CN(Cc1cccc(Br)n1)C1CCCc2cccnc21.CN1CCN(c2cccc(CN(C)C3CCCc4cccnc43)n2)CC1.CN1CCNCC1.CNc1cccc2cccnc12.O=Cc1cccc(Br)n1. The molecule has 2 fully saturated rings. The number of pyridine rings is 6. The van der Waals surface area contributed by atoms with Gasteiger partial charge in [-0.3, -0.25) is 29.5 Å². The van der Waals surface area contributed by atoms with E-state index >= 15 is 0 Å². The number of nitrogens with one attached hydrogen (secondary N) is 2. The smallest absolute Gasteiger partial charge is 0.168 e. The molecule has 2 saturated heterocycles. The van der Waals surface area contributed by atoms with Crippen molar-refractivity contribution < 1.29 is 4.79 Å². The minimum Gasteiger partial charge on any atom is -0.386 e. The third-order valence-corrected chi connectivity index (χ3v) is 14.6. The molecule has 2 atom stereocenters. The number of halogens is 2. The van der Waals surface area contributed by atoms with Crippen LogP contribution in [0.1, 0.15) is 97.0 Å². The Balaban J connectivity index is 0.000000188. The number of hydrogen-bond donors (Lipinski definition) is 2. The fraction of sp³-hybridized carbons (Fsp3) is 0.417. The van der Waals surface area contributed by atoms with Crippen molar-refractivity contribution >= 4 is 60.6 Å². The van der Waals surface area contributed by atoms with Crippen LogP contribution in [-0.4, -0.2) is 143 Å². The van der Waals surface area contributed by atoms with E-state index in [-0.39, 0.29) is 14.9 Å². The van der Waals surface area contributed by atoms with Crippen molar-refractivity contribution in [3.63, 3.8) is 0 Å². The summed E-state index contributed by atoms with van der Waals surface area (Å²) in [5.41, 5.74) is 10.1. The van der Waals surface area contributed by atoms with Gasteiger partial charge in [-0.05, 0) is 170 Å². The van der Waals surface area contributed by atoms with Crippen molar-refractivity contribution in [3.8, 4) is 0 Å². The molecular weight excluding hydrogens is 1080 g/mol. The van der Waals surface area contributed by atoms with Crippen LogP contribution >= 0.6 is 31.9 Å². The summed E-state index contributed by atoms with van der Waals surface area (Å²) in [5.74, 6) is 1.12. The van der Waals surface area contributed by atoms with E-state index in [1.807, 2.05) is 62.0 Å². The number of fused-ring (bicyclic) bond motifs is 3. The molecule has 0 spiro atoms. The minimum atomic E-state index is 0. The molecule has 7 aromatic rings. The summed E-state index contributed by atoms with van der Waals surface area (Å²) in [5, 5.41) is 7.55. The molecule has 8 heterocycles. The van der Waals surface area contributed by atoms with E-state index in [2.05, 4.69) is 175 Å². The first-order chi connectivity index (χ1) is 36.1. The normalized spacial score (nSPS) is 16.9. The second-order valence-corrected chi connectivity index (χ2v) is 20.8. The third-order valence-electron chi connectivity index (χ3n) is 13.7. The van der Waals surface area contributed by atoms with E-state index in [1.165, 1.54) is 66.7 Å². The van der Waals surface area contributed by atoms with Crippen LogP contribution < -0.4 is 15.5 Å². The summed E-state index contributed by atoms with van der Waals surface area (Å²) in [6.45, 7) is 10.8. The Morgan fingerprint density at radius 1 is 0.618 bits per heavy atom. The number of para-hydroxylation sites is 1. The second-order valence-electron chi connectivity index (χ2n) is 19.2. The van der Waals surface area contributed by atoms with Gasteiger partial charge in [0.05, 0.1) is 46.1 Å². The number of piperazine rings is 2. The van der Waals surface area contributed by atoms with Gasteiger partial charge in [0.2, 0.25) is 0 Å². The van der Waals surface area contributed by atoms with Crippen LogP contribution in [0.5, 0.6) is 0 Å². The first kappa shape index (κ1) is 61.3. The molecule has 2 unspecified atom stereocenters. The first-order valence-corrected chi connectivity index (χ1v) is 27.4. The van der Waals surface area contributed by atoms with Crippen LogP contribution in [0.15, 0.2) is 137 Å². The predicted molar refractivity (Wildman–Crippen MR) is 321 cm³/mol. The largest absolute Gasteiger partial charge is 0.386 e. The third kappa shape index (κ3) is 18.6. The highest BCUT2D eigenvalue weighted by Crippen LogP contribution is 2.34. The highest BCUT2D eigenvalue weighted by Gasteiger charge is 2.27. The number of benzene rings is 1. The first-order valence-electron chi connectivity index (χ1n) is 25.9. The van der Waals surface area contributed by atoms with Gasteiger partial charge in [-0.15, -0.1) is 0 Å². The Labute approximate surface area is 470 Å². The maximum absolute atomic E-state index is 10.1. The number of anilines is 2. The fourth-order valence-corrected chi connectivity index (χ4v) is 10.4. The van der Waals surface area contributed by atoms with E-state index < -0.39 is 0 Å². The van der Waals surface area contributed by atoms with Crippen LogP contribution in [0.25, 0.3) is 10.9 Å². The average molecular weight is 1160 g/mol. The van der Waals surface area contributed by atoms with Gasteiger partial charge >= 0.3 is 0 Å². The number of hydrogen-bond acceptors (Lipinski definition) is 14. The Morgan fingerprint density at radius 3 is 1.67 bits per heavy atom. The summed E-state index contributed by atoms with van der Waals surface area (Å²) in [7, 11) is 10.6. The summed E-state index contributed by atoms with van der Waals surface area (Å²) in [6.07, 6.45) is 13.5. The molecule has 0 amide bonds. The summed E-state index contributed by atoms with van der Waals surface area (Å²) >= 11 is 6.56. The van der Waals surface area contributed by atoms with E-state index in [9.17, 15) is 4.79 Å². The predicted octanol–water partition coefficient (Wildman–Crippen LogP) is 11.2. The maximum Gasteiger partial charge on any atom is 0.168 e. The van der Waals surface area contributed by atoms with Crippen LogP contribution in [0.3, 0.4) is 0 Å². The zero-order valence-electron chi connectivity index (χ0n) is 43.8. The van der Waals surface area contributed by atoms with Crippen molar-refractivity contribution in [2.45, 2.75) is 78.6 Å². The molecule has 6 aromatic heterocycles. The molecule has 0 bridgehead atoms. The summed E-state index contributed by atoms with van der Waals surface area (Å²) < 4.78 is 1.58. The summed E-state index contributed by atoms with van der Waals surface area (Å²) in [4.78, 5) is 48.9. The molecule has 406 valence electrons. The molecule has 76 heavy (non-hydrogen) atoms. The number of rotatable bonds is 9. The van der Waals surface area contributed by atoms with Crippen LogP contribution in [-0.2, 0) is 25.9 Å². The number of nitrogens with zero attached hydrogens (tertiary/aromatic N) is 11. The quantitative estimate of drug-likeness (QED) is 0.105. The monoisotopic (exact) mass is 1160 g/mol. The fourth-order valence-electron chi connectivity index (χ4n) is 9.64. The Bertz CT molecular complexity index is 2800. The highest BCUT2D eigenvalue weighted by atomic mass is 79.9. The van der Waals surface area contributed by atoms with Gasteiger partial charge in [0, 0.05) is 96.5 Å². The Morgan fingerprint density at radius 2 is 1.13 bits per heavy atom. The molecule has 1 aromatic carbocycles. The van der Waals surface area contributed by atoms with Gasteiger partial charge in [0.15, 0.2) is 6.29 Å².